The lowest BCUT2D eigenvalue weighted by Gasteiger charge is -2.33. The van der Waals surface area contributed by atoms with Gasteiger partial charge in [-0.15, -0.1) is 0 Å². The average Bonchev–Trinajstić information content (AvgIpc) is 2.81. The zero-order valence-corrected chi connectivity index (χ0v) is 21.4. The lowest BCUT2D eigenvalue weighted by molar-refractivity contribution is -0.140. The molecule has 0 aliphatic rings. The quantitative estimate of drug-likeness (QED) is 0.494. The maximum absolute atomic E-state index is 13.6. The average molecular weight is 490 g/mol. The number of nitrogens with zero attached hydrogens (tertiary/aromatic N) is 2. The number of carbonyl (C=O) groups excluding carboxylic acids is 2. The zero-order chi connectivity index (χ0) is 25.3. The molecule has 0 aliphatic heterocycles. The van der Waals surface area contributed by atoms with E-state index in [-0.39, 0.29) is 12.5 Å². The van der Waals surface area contributed by atoms with E-state index in [1.54, 1.807) is 43.5 Å². The fourth-order valence-corrected chi connectivity index (χ4v) is 4.39. The molecule has 0 aliphatic carbocycles. The van der Waals surface area contributed by atoms with Gasteiger partial charge in [-0.25, -0.2) is 8.42 Å². The van der Waals surface area contributed by atoms with Crippen molar-refractivity contribution in [3.8, 4) is 5.75 Å². The Morgan fingerprint density at radius 1 is 1.03 bits per heavy atom. The zero-order valence-electron chi connectivity index (χ0n) is 20.6. The molecule has 0 saturated carbocycles. The van der Waals surface area contributed by atoms with Crippen LogP contribution in [0.25, 0.3) is 0 Å². The van der Waals surface area contributed by atoms with Crippen molar-refractivity contribution in [2.24, 2.45) is 0 Å². The molecule has 2 rings (SSSR count). The van der Waals surface area contributed by atoms with Gasteiger partial charge >= 0.3 is 0 Å². The van der Waals surface area contributed by atoms with Gasteiger partial charge < -0.3 is 15.0 Å². The Labute approximate surface area is 202 Å². The molecule has 186 valence electrons. The molecule has 0 fully saturated rings. The fraction of sp³-hybridized carbons (Fsp3) is 0.440. The summed E-state index contributed by atoms with van der Waals surface area (Å²) in [5, 5.41) is 2.86. The first-order valence-corrected chi connectivity index (χ1v) is 13.2. The highest BCUT2D eigenvalue weighted by atomic mass is 32.2. The number of aryl methyl sites for hydroxylation is 1. The van der Waals surface area contributed by atoms with E-state index in [2.05, 4.69) is 5.32 Å². The lowest BCUT2D eigenvalue weighted by Crippen LogP contribution is -2.52. The van der Waals surface area contributed by atoms with Crippen LogP contribution in [0, 0.1) is 6.92 Å². The van der Waals surface area contributed by atoms with Crippen LogP contribution < -0.4 is 14.4 Å². The van der Waals surface area contributed by atoms with Crippen LogP contribution >= 0.6 is 0 Å². The van der Waals surface area contributed by atoms with Gasteiger partial charge in [-0.1, -0.05) is 43.7 Å². The number of amides is 2. The molecule has 1 N–H and O–H groups in total. The molecule has 2 amide bonds. The monoisotopic (exact) mass is 489 g/mol. The molecule has 0 bridgehead atoms. The number of hydrogen-bond donors (Lipinski definition) is 1. The Balaban J connectivity index is 2.40. The van der Waals surface area contributed by atoms with Crippen LogP contribution in [0.15, 0.2) is 48.5 Å². The number of hydrogen-bond acceptors (Lipinski definition) is 5. The van der Waals surface area contributed by atoms with E-state index >= 15 is 0 Å². The Kier molecular flexibility index (Phi) is 9.92. The SMILES string of the molecule is CCCNC(=O)[C@H](CC)N(Cc1ccc(OC)cc1)C(=O)CN(c1ccc(C)cc1)S(C)(=O)=O. The number of anilines is 1. The molecule has 2 aromatic rings. The van der Waals surface area contributed by atoms with Crippen LogP contribution in [0.1, 0.15) is 37.8 Å². The van der Waals surface area contributed by atoms with E-state index in [4.69, 9.17) is 4.74 Å². The van der Waals surface area contributed by atoms with E-state index in [9.17, 15) is 18.0 Å². The van der Waals surface area contributed by atoms with Gasteiger partial charge in [0.1, 0.15) is 18.3 Å². The fourth-order valence-electron chi connectivity index (χ4n) is 3.54. The van der Waals surface area contributed by atoms with Gasteiger partial charge in [0.05, 0.1) is 19.1 Å². The first-order valence-electron chi connectivity index (χ1n) is 11.3. The molecule has 0 aromatic heterocycles. The van der Waals surface area contributed by atoms with Gasteiger partial charge in [-0.3, -0.25) is 13.9 Å². The maximum atomic E-state index is 13.6. The van der Waals surface area contributed by atoms with E-state index in [1.165, 1.54) is 4.90 Å². The topological polar surface area (TPSA) is 96.0 Å². The molecule has 0 unspecified atom stereocenters. The molecule has 0 radical (unpaired) electrons. The Morgan fingerprint density at radius 2 is 1.65 bits per heavy atom. The van der Waals surface area contributed by atoms with Gasteiger partial charge in [0.2, 0.25) is 21.8 Å². The third-order valence-corrected chi connectivity index (χ3v) is 6.59. The summed E-state index contributed by atoms with van der Waals surface area (Å²) in [5.74, 6) is -0.0373. The summed E-state index contributed by atoms with van der Waals surface area (Å²) < 4.78 is 31.4. The second-order valence-corrected chi connectivity index (χ2v) is 10.1. The normalized spacial score (nSPS) is 12.0. The number of nitrogens with one attached hydrogen (secondary N) is 1. The largest absolute Gasteiger partial charge is 0.497 e. The number of methoxy groups -OCH3 is 1. The Hall–Kier alpha value is -3.07. The second-order valence-electron chi connectivity index (χ2n) is 8.19. The van der Waals surface area contributed by atoms with Crippen molar-refractivity contribution in [2.45, 2.75) is 46.2 Å². The summed E-state index contributed by atoms with van der Waals surface area (Å²) in [6.07, 6.45) is 2.23. The van der Waals surface area contributed by atoms with E-state index < -0.39 is 28.5 Å². The van der Waals surface area contributed by atoms with Crippen LogP contribution in [-0.2, 0) is 26.2 Å². The molecule has 2 aromatic carbocycles. The van der Waals surface area contributed by atoms with Crippen molar-refractivity contribution in [1.82, 2.24) is 10.2 Å². The number of sulfonamides is 1. The van der Waals surface area contributed by atoms with Crippen molar-refractivity contribution >= 4 is 27.5 Å². The number of carbonyl (C=O) groups is 2. The van der Waals surface area contributed by atoms with Crippen molar-refractivity contribution < 1.29 is 22.7 Å². The minimum Gasteiger partial charge on any atom is -0.497 e. The minimum atomic E-state index is -3.74. The van der Waals surface area contributed by atoms with Gasteiger partial charge in [0, 0.05) is 13.1 Å². The Morgan fingerprint density at radius 3 is 2.15 bits per heavy atom. The van der Waals surface area contributed by atoms with Gasteiger partial charge in [0.25, 0.3) is 0 Å². The summed E-state index contributed by atoms with van der Waals surface area (Å²) >= 11 is 0. The predicted octanol–water partition coefficient (Wildman–Crippen LogP) is 3.10. The van der Waals surface area contributed by atoms with E-state index in [1.807, 2.05) is 32.9 Å². The predicted molar refractivity (Wildman–Crippen MR) is 134 cm³/mol. The molecule has 0 spiro atoms. The van der Waals surface area contributed by atoms with Crippen LogP contribution in [0.5, 0.6) is 5.75 Å². The molecule has 8 nitrogen and oxygen atoms in total. The highest BCUT2D eigenvalue weighted by molar-refractivity contribution is 7.92. The Bertz CT molecular complexity index is 1050. The molecular weight excluding hydrogens is 454 g/mol. The molecule has 0 heterocycles. The maximum Gasteiger partial charge on any atom is 0.244 e. The highest BCUT2D eigenvalue weighted by Crippen LogP contribution is 2.21. The van der Waals surface area contributed by atoms with E-state index in [0.29, 0.717) is 24.4 Å². The third kappa shape index (κ3) is 7.48. The smallest absolute Gasteiger partial charge is 0.244 e. The van der Waals surface area contributed by atoms with Crippen molar-refractivity contribution in [2.75, 3.05) is 30.8 Å². The second kappa shape index (κ2) is 12.4. The summed E-state index contributed by atoms with van der Waals surface area (Å²) in [4.78, 5) is 27.9. The van der Waals surface area contributed by atoms with Crippen LogP contribution in [0.2, 0.25) is 0 Å². The number of rotatable bonds is 12. The van der Waals surface area contributed by atoms with Crippen molar-refractivity contribution in [1.29, 1.82) is 0 Å². The van der Waals surface area contributed by atoms with Crippen LogP contribution in [0.3, 0.4) is 0 Å². The summed E-state index contributed by atoms with van der Waals surface area (Å²) in [7, 11) is -2.17. The molecule has 1 atom stereocenters. The van der Waals surface area contributed by atoms with Gasteiger partial charge in [0.15, 0.2) is 0 Å². The number of benzene rings is 2. The first kappa shape index (κ1) is 27.2. The molecule has 34 heavy (non-hydrogen) atoms. The summed E-state index contributed by atoms with van der Waals surface area (Å²) in [6, 6.07) is 13.4. The summed E-state index contributed by atoms with van der Waals surface area (Å²) in [6.45, 7) is 5.93. The standard InChI is InChI=1S/C25H35N3O5S/c1-6-16-26-25(30)23(7-2)27(17-20-10-14-22(33-4)15-11-20)24(29)18-28(34(5,31)32)21-12-8-19(3)9-13-21/h8-15,23H,6-7,16-18H2,1-5H3,(H,26,30)/t23-/m0/s1. The molecule has 0 saturated heterocycles. The van der Waals surface area contributed by atoms with Crippen LogP contribution in [-0.4, -0.2) is 57.6 Å². The summed E-state index contributed by atoms with van der Waals surface area (Å²) in [5.41, 5.74) is 2.18. The van der Waals surface area contributed by atoms with E-state index in [0.717, 1.165) is 28.1 Å². The minimum absolute atomic E-state index is 0.159. The van der Waals surface area contributed by atoms with Gasteiger partial charge in [-0.2, -0.15) is 0 Å². The van der Waals surface area contributed by atoms with Gasteiger partial charge in [-0.05, 0) is 49.6 Å². The number of ether oxygens (including phenoxy) is 1. The first-order chi connectivity index (χ1) is 16.1. The van der Waals surface area contributed by atoms with Crippen molar-refractivity contribution in [3.63, 3.8) is 0 Å². The van der Waals surface area contributed by atoms with Crippen molar-refractivity contribution in [3.05, 3.63) is 59.7 Å². The molecule has 9 heteroatoms. The highest BCUT2D eigenvalue weighted by Gasteiger charge is 2.31. The lowest BCUT2D eigenvalue weighted by atomic mass is 10.1. The molecular formula is C25H35N3O5S. The third-order valence-electron chi connectivity index (χ3n) is 5.45. The van der Waals surface area contributed by atoms with Crippen LogP contribution in [0.4, 0.5) is 5.69 Å².